The van der Waals surface area contributed by atoms with Gasteiger partial charge >= 0.3 is 5.97 Å². The lowest BCUT2D eigenvalue weighted by atomic mass is 9.76. The minimum Gasteiger partial charge on any atom is -0.461 e. The van der Waals surface area contributed by atoms with Gasteiger partial charge in [-0.05, 0) is 31.0 Å². The number of carbonyl (C=O) groups excluding carboxylic acids is 2. The number of likely N-dealkylation sites (tertiary alicyclic amines) is 1. The SMILES string of the molecule is O=C(c1ccc(Cl)cc1F)N1CCC2(CC1)CC(CN1CCOCC1)OC2=O. The first-order chi connectivity index (χ1) is 13.5. The summed E-state index contributed by atoms with van der Waals surface area (Å²) in [7, 11) is 0. The number of hydrogen-bond acceptors (Lipinski definition) is 5. The Balaban J connectivity index is 1.36. The monoisotopic (exact) mass is 410 g/mol. The standard InChI is InChI=1S/C20H24ClFN2O4/c21-14-1-2-16(17(22)11-14)18(25)24-5-3-20(4-6-24)12-15(28-19(20)26)13-23-7-9-27-10-8-23/h1-2,11,15H,3-10,12-13H2. The summed E-state index contributed by atoms with van der Waals surface area (Å²) in [5.41, 5.74) is -0.508. The molecular weight excluding hydrogens is 387 g/mol. The molecule has 0 bridgehead atoms. The topological polar surface area (TPSA) is 59.1 Å². The van der Waals surface area contributed by atoms with Crippen LogP contribution in [0.25, 0.3) is 0 Å². The Kier molecular flexibility index (Phi) is 5.58. The maximum Gasteiger partial charge on any atom is 0.312 e. The largest absolute Gasteiger partial charge is 0.461 e. The van der Waals surface area contributed by atoms with Crippen molar-refractivity contribution in [1.29, 1.82) is 0 Å². The third kappa shape index (κ3) is 3.88. The first kappa shape index (κ1) is 19.6. The highest BCUT2D eigenvalue weighted by Crippen LogP contribution is 2.43. The lowest BCUT2D eigenvalue weighted by Crippen LogP contribution is -2.45. The van der Waals surface area contributed by atoms with E-state index in [-0.39, 0.29) is 28.6 Å². The van der Waals surface area contributed by atoms with E-state index in [1.54, 1.807) is 4.90 Å². The molecule has 3 aliphatic rings. The number of amides is 1. The average molecular weight is 411 g/mol. The van der Waals surface area contributed by atoms with Crippen molar-refractivity contribution in [1.82, 2.24) is 9.80 Å². The molecule has 152 valence electrons. The van der Waals surface area contributed by atoms with Crippen molar-refractivity contribution in [2.24, 2.45) is 5.41 Å². The predicted octanol–water partition coefficient (Wildman–Crippen LogP) is 2.35. The third-order valence-electron chi connectivity index (χ3n) is 6.06. The van der Waals surface area contributed by atoms with Gasteiger partial charge in [0.05, 0.1) is 24.2 Å². The van der Waals surface area contributed by atoms with E-state index in [1.807, 2.05) is 0 Å². The minimum atomic E-state index is -0.622. The Morgan fingerprint density at radius 3 is 2.61 bits per heavy atom. The van der Waals surface area contributed by atoms with Crippen LogP contribution in [0.3, 0.4) is 0 Å². The molecule has 6 nitrogen and oxygen atoms in total. The van der Waals surface area contributed by atoms with Crippen LogP contribution in [0.1, 0.15) is 29.6 Å². The second-order valence-electron chi connectivity index (χ2n) is 7.84. The summed E-state index contributed by atoms with van der Waals surface area (Å²) >= 11 is 5.76. The Hall–Kier alpha value is -1.70. The van der Waals surface area contributed by atoms with Gasteiger partial charge in [-0.15, -0.1) is 0 Å². The van der Waals surface area contributed by atoms with Gasteiger partial charge in [0.2, 0.25) is 0 Å². The third-order valence-corrected chi connectivity index (χ3v) is 6.30. The number of rotatable bonds is 3. The second-order valence-corrected chi connectivity index (χ2v) is 8.28. The molecule has 3 heterocycles. The maximum atomic E-state index is 14.1. The zero-order valence-corrected chi connectivity index (χ0v) is 16.4. The second kappa shape index (κ2) is 7.97. The number of cyclic esters (lactones) is 1. The number of morpholine rings is 1. The molecule has 3 aliphatic heterocycles. The molecule has 1 spiro atoms. The molecule has 1 amide bonds. The summed E-state index contributed by atoms with van der Waals surface area (Å²) in [5, 5.41) is 0.256. The summed E-state index contributed by atoms with van der Waals surface area (Å²) in [5.74, 6) is -1.14. The van der Waals surface area contributed by atoms with Crippen molar-refractivity contribution in [2.75, 3.05) is 45.9 Å². The zero-order valence-electron chi connectivity index (χ0n) is 15.7. The highest BCUT2D eigenvalue weighted by Gasteiger charge is 2.51. The Bertz CT molecular complexity index is 761. The molecule has 0 aliphatic carbocycles. The van der Waals surface area contributed by atoms with E-state index >= 15 is 0 Å². The van der Waals surface area contributed by atoms with E-state index < -0.39 is 11.2 Å². The molecule has 3 saturated heterocycles. The number of benzene rings is 1. The Labute approximate surface area is 168 Å². The van der Waals surface area contributed by atoms with Crippen molar-refractivity contribution in [3.05, 3.63) is 34.6 Å². The molecule has 1 aromatic rings. The van der Waals surface area contributed by atoms with Crippen molar-refractivity contribution in [3.63, 3.8) is 0 Å². The smallest absolute Gasteiger partial charge is 0.312 e. The number of ether oxygens (including phenoxy) is 2. The lowest BCUT2D eigenvalue weighted by molar-refractivity contribution is -0.151. The highest BCUT2D eigenvalue weighted by atomic mass is 35.5. The van der Waals surface area contributed by atoms with Crippen LogP contribution in [0, 0.1) is 11.2 Å². The van der Waals surface area contributed by atoms with Gasteiger partial charge in [-0.3, -0.25) is 14.5 Å². The van der Waals surface area contributed by atoms with Gasteiger partial charge in [-0.1, -0.05) is 11.6 Å². The molecule has 1 atom stereocenters. The zero-order chi connectivity index (χ0) is 19.7. The number of carbonyl (C=O) groups is 2. The molecule has 3 fully saturated rings. The first-order valence-corrected chi connectivity index (χ1v) is 10.1. The van der Waals surface area contributed by atoms with Crippen LogP contribution in [-0.2, 0) is 14.3 Å². The van der Waals surface area contributed by atoms with Gasteiger partial charge in [0.1, 0.15) is 11.9 Å². The van der Waals surface area contributed by atoms with Gasteiger partial charge < -0.3 is 14.4 Å². The fourth-order valence-corrected chi connectivity index (χ4v) is 4.55. The van der Waals surface area contributed by atoms with Crippen LogP contribution in [0.4, 0.5) is 4.39 Å². The van der Waals surface area contributed by atoms with Crippen molar-refractivity contribution < 1.29 is 23.5 Å². The fourth-order valence-electron chi connectivity index (χ4n) is 4.39. The minimum absolute atomic E-state index is 0.0135. The van der Waals surface area contributed by atoms with Crippen LogP contribution in [0.5, 0.6) is 0 Å². The molecule has 0 N–H and O–H groups in total. The normalized spacial score (nSPS) is 25.1. The fraction of sp³-hybridized carbons (Fsp3) is 0.600. The lowest BCUT2D eigenvalue weighted by Gasteiger charge is -2.36. The van der Waals surface area contributed by atoms with Gasteiger partial charge in [0.15, 0.2) is 0 Å². The van der Waals surface area contributed by atoms with Crippen LogP contribution in [-0.4, -0.2) is 73.7 Å². The van der Waals surface area contributed by atoms with Crippen LogP contribution >= 0.6 is 11.6 Å². The molecule has 28 heavy (non-hydrogen) atoms. The quantitative estimate of drug-likeness (QED) is 0.716. The van der Waals surface area contributed by atoms with Crippen LogP contribution in [0.2, 0.25) is 5.02 Å². The summed E-state index contributed by atoms with van der Waals surface area (Å²) in [6.07, 6.45) is 1.67. The van der Waals surface area contributed by atoms with Crippen LogP contribution in [0.15, 0.2) is 18.2 Å². The molecule has 0 radical (unpaired) electrons. The number of halogens is 2. The van der Waals surface area contributed by atoms with Crippen molar-refractivity contribution in [2.45, 2.75) is 25.4 Å². The van der Waals surface area contributed by atoms with Gasteiger partial charge in [-0.25, -0.2) is 4.39 Å². The van der Waals surface area contributed by atoms with E-state index in [9.17, 15) is 14.0 Å². The number of piperidine rings is 1. The van der Waals surface area contributed by atoms with E-state index in [4.69, 9.17) is 21.1 Å². The highest BCUT2D eigenvalue weighted by molar-refractivity contribution is 6.30. The van der Waals surface area contributed by atoms with Gasteiger partial charge in [-0.2, -0.15) is 0 Å². The summed E-state index contributed by atoms with van der Waals surface area (Å²) in [6.45, 7) is 4.70. The molecule has 1 unspecified atom stereocenters. The molecule has 1 aromatic carbocycles. The van der Waals surface area contributed by atoms with E-state index in [0.717, 1.165) is 25.7 Å². The van der Waals surface area contributed by atoms with Crippen LogP contribution < -0.4 is 0 Å². The maximum absolute atomic E-state index is 14.1. The predicted molar refractivity (Wildman–Crippen MR) is 101 cm³/mol. The molecule has 0 saturated carbocycles. The van der Waals surface area contributed by atoms with Crippen molar-refractivity contribution in [3.8, 4) is 0 Å². The van der Waals surface area contributed by atoms with Crippen molar-refractivity contribution >= 4 is 23.5 Å². The van der Waals surface area contributed by atoms with Gasteiger partial charge in [0, 0.05) is 44.2 Å². The summed E-state index contributed by atoms with van der Waals surface area (Å²) < 4.78 is 25.1. The Morgan fingerprint density at radius 1 is 1.21 bits per heavy atom. The molecule has 4 rings (SSSR count). The van der Waals surface area contributed by atoms with E-state index in [2.05, 4.69) is 4.90 Å². The number of hydrogen-bond donors (Lipinski definition) is 0. The summed E-state index contributed by atoms with van der Waals surface area (Å²) in [6, 6.07) is 4.06. The van der Waals surface area contributed by atoms with E-state index in [0.29, 0.717) is 45.6 Å². The first-order valence-electron chi connectivity index (χ1n) is 9.72. The Morgan fingerprint density at radius 2 is 1.93 bits per heavy atom. The average Bonchev–Trinajstić information content (AvgIpc) is 2.97. The number of esters is 1. The number of nitrogens with zero attached hydrogens (tertiary/aromatic N) is 2. The van der Waals surface area contributed by atoms with Gasteiger partial charge in [0.25, 0.3) is 5.91 Å². The summed E-state index contributed by atoms with van der Waals surface area (Å²) in [4.78, 5) is 29.1. The molecule has 0 aromatic heterocycles. The molecular formula is C20H24ClFN2O4. The molecule has 8 heteroatoms. The van der Waals surface area contributed by atoms with E-state index in [1.165, 1.54) is 12.1 Å².